The first-order chi connectivity index (χ1) is 14.7. The van der Waals surface area contributed by atoms with Crippen LogP contribution in [0, 0.1) is 5.82 Å². The molecule has 0 unspecified atom stereocenters. The zero-order valence-corrected chi connectivity index (χ0v) is 17.3. The molecule has 0 saturated carbocycles. The van der Waals surface area contributed by atoms with E-state index in [-0.39, 0.29) is 24.0 Å². The van der Waals surface area contributed by atoms with Gasteiger partial charge in [-0.3, -0.25) is 9.23 Å². The second-order valence-electron chi connectivity index (χ2n) is 6.80. The van der Waals surface area contributed by atoms with Crippen LogP contribution in [0.15, 0.2) is 58.3 Å². The summed E-state index contributed by atoms with van der Waals surface area (Å²) in [6, 6.07) is 9.59. The van der Waals surface area contributed by atoms with Crippen LogP contribution in [-0.2, 0) is 16.7 Å². The average Bonchev–Trinajstić information content (AvgIpc) is 3.38. The summed E-state index contributed by atoms with van der Waals surface area (Å²) in [5.41, 5.74) is 1.72. The zero-order valence-electron chi connectivity index (χ0n) is 16.5. The number of nitrogens with zero attached hydrogens (tertiary/aromatic N) is 6. The van der Waals surface area contributed by atoms with Crippen LogP contribution < -0.4 is 4.90 Å². The van der Waals surface area contributed by atoms with Gasteiger partial charge in [-0.05, 0) is 12.1 Å². The van der Waals surface area contributed by atoms with Crippen LogP contribution in [-0.4, -0.2) is 52.0 Å². The fraction of sp³-hybridized carbons (Fsp3) is 0.158. The van der Waals surface area contributed by atoms with Crippen LogP contribution in [0.1, 0.15) is 5.56 Å². The van der Waals surface area contributed by atoms with Gasteiger partial charge < -0.3 is 9.42 Å². The Balaban J connectivity index is 1.83. The summed E-state index contributed by atoms with van der Waals surface area (Å²) in [7, 11) is -1.35. The van der Waals surface area contributed by atoms with Gasteiger partial charge in [-0.15, -0.1) is 0 Å². The maximum absolute atomic E-state index is 14.2. The van der Waals surface area contributed by atoms with Crippen LogP contribution >= 0.6 is 0 Å². The highest BCUT2D eigenvalue weighted by atomic mass is 32.2. The van der Waals surface area contributed by atoms with E-state index >= 15 is 0 Å². The third-order valence-corrected chi connectivity index (χ3v) is 5.27. The van der Waals surface area contributed by atoms with E-state index in [0.29, 0.717) is 22.6 Å². The predicted molar refractivity (Wildman–Crippen MR) is 108 cm³/mol. The minimum Gasteiger partial charge on any atom is -0.364 e. The lowest BCUT2D eigenvalue weighted by molar-refractivity contribution is 0.421. The molecule has 1 N–H and O–H groups in total. The minimum atomic E-state index is -4.52. The largest absolute Gasteiger partial charge is 0.364 e. The number of rotatable bonds is 6. The molecule has 0 aliphatic heterocycles. The Bertz CT molecular complexity index is 1340. The third-order valence-electron chi connectivity index (χ3n) is 4.43. The van der Waals surface area contributed by atoms with E-state index in [2.05, 4.69) is 20.2 Å². The topological polar surface area (TPSA) is 127 Å². The molecule has 0 bridgehead atoms. The fourth-order valence-corrected chi connectivity index (χ4v) is 3.62. The van der Waals surface area contributed by atoms with Crippen molar-refractivity contribution < 1.29 is 21.9 Å². The van der Waals surface area contributed by atoms with E-state index in [0.717, 1.165) is 6.20 Å². The monoisotopic (exact) mass is 444 g/mol. The molecule has 0 aliphatic carbocycles. The molecule has 4 rings (SSSR count). The Hall–Kier alpha value is -3.64. The molecule has 0 atom stereocenters. The van der Waals surface area contributed by atoms with Gasteiger partial charge in [0.2, 0.25) is 0 Å². The molecule has 0 aliphatic rings. The fourth-order valence-electron chi connectivity index (χ4n) is 2.97. The van der Waals surface area contributed by atoms with Gasteiger partial charge in [0.15, 0.2) is 16.5 Å². The van der Waals surface area contributed by atoms with Gasteiger partial charge in [0.1, 0.15) is 23.5 Å². The lowest BCUT2D eigenvalue weighted by Crippen LogP contribution is -2.16. The van der Waals surface area contributed by atoms with E-state index in [1.54, 1.807) is 44.4 Å². The summed E-state index contributed by atoms with van der Waals surface area (Å²) in [6.45, 7) is 0.110. The van der Waals surface area contributed by atoms with Crippen molar-refractivity contribution in [2.75, 3.05) is 19.0 Å². The molecule has 4 aromatic rings. The first-order valence-electron chi connectivity index (χ1n) is 8.98. The van der Waals surface area contributed by atoms with Crippen LogP contribution in [0.4, 0.5) is 10.2 Å². The number of halogens is 1. The Morgan fingerprint density at radius 2 is 1.97 bits per heavy atom. The molecular formula is C19H17FN6O4S. The highest BCUT2D eigenvalue weighted by Crippen LogP contribution is 2.27. The number of anilines is 1. The first-order valence-corrected chi connectivity index (χ1v) is 10.4. The standard InChI is InChI=1S/C19H17FN6O4S/c1-25(2)19-17(31(27,28)29)10-21-18(22-19)15-9-16(14-7-8-30-24-14)26(23-15)11-12-5-3-4-6-13(12)20/h3-10H,11H2,1-2H3,(H,27,28,29). The smallest absolute Gasteiger partial charge is 0.299 e. The van der Waals surface area contributed by atoms with Crippen molar-refractivity contribution in [1.29, 1.82) is 0 Å². The summed E-state index contributed by atoms with van der Waals surface area (Å²) in [5, 5.41) is 8.40. The molecule has 1 aromatic carbocycles. The highest BCUT2D eigenvalue weighted by Gasteiger charge is 2.22. The summed E-state index contributed by atoms with van der Waals surface area (Å²) < 4.78 is 53.3. The van der Waals surface area contributed by atoms with E-state index in [9.17, 15) is 17.4 Å². The Labute approximate surface area is 176 Å². The quantitative estimate of drug-likeness (QED) is 0.446. The number of benzene rings is 1. The summed E-state index contributed by atoms with van der Waals surface area (Å²) >= 11 is 0. The lowest BCUT2D eigenvalue weighted by Gasteiger charge is -2.14. The predicted octanol–water partition coefficient (Wildman–Crippen LogP) is 2.50. The minimum absolute atomic E-state index is 0.000796. The second kappa shape index (κ2) is 7.89. The number of hydrogen-bond donors (Lipinski definition) is 1. The molecular weight excluding hydrogens is 427 g/mol. The molecule has 12 heteroatoms. The number of hydrogen-bond acceptors (Lipinski definition) is 8. The molecule has 0 fully saturated rings. The van der Waals surface area contributed by atoms with Gasteiger partial charge in [-0.2, -0.15) is 13.5 Å². The summed E-state index contributed by atoms with van der Waals surface area (Å²) in [5.74, 6) is -0.262. The van der Waals surface area contributed by atoms with Gasteiger partial charge in [-0.1, -0.05) is 23.4 Å². The molecule has 3 aromatic heterocycles. The number of aromatic nitrogens is 5. The molecule has 0 radical (unpaired) electrons. The van der Waals surface area contributed by atoms with Crippen molar-refractivity contribution in [2.45, 2.75) is 11.4 Å². The Morgan fingerprint density at radius 1 is 1.19 bits per heavy atom. The second-order valence-corrected chi connectivity index (χ2v) is 8.19. The van der Waals surface area contributed by atoms with Gasteiger partial charge in [0.25, 0.3) is 10.1 Å². The molecule has 0 amide bonds. The van der Waals surface area contributed by atoms with E-state index in [1.807, 2.05) is 0 Å². The Morgan fingerprint density at radius 3 is 2.61 bits per heavy atom. The molecule has 10 nitrogen and oxygen atoms in total. The summed E-state index contributed by atoms with van der Waals surface area (Å²) in [4.78, 5) is 9.31. The molecule has 3 heterocycles. The summed E-state index contributed by atoms with van der Waals surface area (Å²) in [6.07, 6.45) is 2.41. The Kier molecular flexibility index (Phi) is 5.25. The van der Waals surface area contributed by atoms with Crippen LogP contribution in [0.3, 0.4) is 0 Å². The normalized spacial score (nSPS) is 11.6. The maximum atomic E-state index is 14.2. The van der Waals surface area contributed by atoms with Crippen LogP contribution in [0.25, 0.3) is 22.9 Å². The van der Waals surface area contributed by atoms with Gasteiger partial charge >= 0.3 is 0 Å². The van der Waals surface area contributed by atoms with Gasteiger partial charge in [-0.25, -0.2) is 14.4 Å². The first kappa shape index (κ1) is 20.6. The van der Waals surface area contributed by atoms with Crippen LogP contribution in [0.2, 0.25) is 0 Å². The molecule has 31 heavy (non-hydrogen) atoms. The van der Waals surface area contributed by atoms with Gasteiger partial charge in [0.05, 0.1) is 18.4 Å². The van der Waals surface area contributed by atoms with E-state index < -0.39 is 15.0 Å². The SMILES string of the molecule is CN(C)c1nc(-c2cc(-c3ccon3)n(Cc3ccccc3F)n2)ncc1S(=O)(=O)O. The van der Waals surface area contributed by atoms with Crippen molar-refractivity contribution >= 4 is 15.9 Å². The molecule has 0 saturated heterocycles. The molecule has 160 valence electrons. The van der Waals surface area contributed by atoms with Crippen molar-refractivity contribution in [3.8, 4) is 22.9 Å². The molecule has 0 spiro atoms. The van der Waals surface area contributed by atoms with Gasteiger partial charge in [0, 0.05) is 25.7 Å². The maximum Gasteiger partial charge on any atom is 0.299 e. The zero-order chi connectivity index (χ0) is 22.2. The highest BCUT2D eigenvalue weighted by molar-refractivity contribution is 7.86. The van der Waals surface area contributed by atoms with E-state index in [1.165, 1.54) is 21.9 Å². The third kappa shape index (κ3) is 4.15. The van der Waals surface area contributed by atoms with Crippen molar-refractivity contribution in [3.05, 3.63) is 60.2 Å². The van der Waals surface area contributed by atoms with Crippen LogP contribution in [0.5, 0.6) is 0 Å². The van der Waals surface area contributed by atoms with Crippen molar-refractivity contribution in [1.82, 2.24) is 24.9 Å². The average molecular weight is 444 g/mol. The van der Waals surface area contributed by atoms with Crippen molar-refractivity contribution in [2.24, 2.45) is 0 Å². The van der Waals surface area contributed by atoms with E-state index in [4.69, 9.17) is 4.52 Å². The lowest BCUT2D eigenvalue weighted by atomic mass is 10.2. The van der Waals surface area contributed by atoms with Crippen molar-refractivity contribution in [3.63, 3.8) is 0 Å².